The lowest BCUT2D eigenvalue weighted by atomic mass is 10.3. The largest absolute Gasteiger partial charge is 0.396 e. The van der Waals surface area contributed by atoms with Gasteiger partial charge in [0.1, 0.15) is 0 Å². The van der Waals surface area contributed by atoms with Crippen molar-refractivity contribution in [1.82, 2.24) is 5.32 Å². The van der Waals surface area contributed by atoms with Gasteiger partial charge >= 0.3 is 0 Å². The number of nitrogens with one attached hydrogen (secondary N) is 1. The highest BCUT2D eigenvalue weighted by molar-refractivity contribution is 9.12. The van der Waals surface area contributed by atoms with Gasteiger partial charge in [0, 0.05) is 35.0 Å². The molecule has 0 spiro atoms. The molecule has 0 aromatic rings. The zero-order valence-electron chi connectivity index (χ0n) is 6.06. The van der Waals surface area contributed by atoms with Crippen molar-refractivity contribution < 1.29 is 9.90 Å². The SMILES string of the molecule is O=C(C#CBr)NCCCCO. The summed E-state index contributed by atoms with van der Waals surface area (Å²) in [5, 5.41) is 11.0. The van der Waals surface area contributed by atoms with E-state index in [1.807, 2.05) is 0 Å². The molecule has 11 heavy (non-hydrogen) atoms. The zero-order valence-corrected chi connectivity index (χ0v) is 7.65. The summed E-state index contributed by atoms with van der Waals surface area (Å²) in [7, 11) is 0. The van der Waals surface area contributed by atoms with E-state index in [0.717, 1.165) is 6.42 Å². The number of carbonyl (C=O) groups is 1. The first kappa shape index (κ1) is 10.5. The van der Waals surface area contributed by atoms with Gasteiger partial charge in [-0.2, -0.15) is 0 Å². The summed E-state index contributed by atoms with van der Waals surface area (Å²) in [6, 6.07) is 0. The maximum absolute atomic E-state index is 10.6. The van der Waals surface area contributed by atoms with Gasteiger partial charge in [-0.3, -0.25) is 4.79 Å². The number of hydrogen-bond acceptors (Lipinski definition) is 2. The molecule has 0 aromatic heterocycles. The van der Waals surface area contributed by atoms with Gasteiger partial charge in [0.2, 0.25) is 0 Å². The number of amides is 1. The van der Waals surface area contributed by atoms with Crippen LogP contribution in [0.1, 0.15) is 12.8 Å². The van der Waals surface area contributed by atoms with Gasteiger partial charge in [0.05, 0.1) is 0 Å². The fraction of sp³-hybridized carbons (Fsp3) is 0.571. The predicted molar refractivity (Wildman–Crippen MR) is 46.0 cm³/mol. The lowest BCUT2D eigenvalue weighted by Gasteiger charge is -1.97. The van der Waals surface area contributed by atoms with Crippen molar-refractivity contribution in [3.8, 4) is 10.8 Å². The van der Waals surface area contributed by atoms with E-state index in [1.54, 1.807) is 0 Å². The minimum absolute atomic E-state index is 0.167. The number of hydrogen-bond donors (Lipinski definition) is 2. The van der Waals surface area contributed by atoms with Crippen LogP contribution in [0.25, 0.3) is 0 Å². The minimum atomic E-state index is -0.292. The standard InChI is InChI=1S/C7H10BrNO2/c8-4-3-7(11)9-5-1-2-6-10/h10H,1-2,5-6H2,(H,9,11). The number of aliphatic hydroxyl groups is 1. The van der Waals surface area contributed by atoms with Gasteiger partial charge < -0.3 is 10.4 Å². The second-order valence-electron chi connectivity index (χ2n) is 1.91. The van der Waals surface area contributed by atoms with Crippen molar-refractivity contribution in [3.05, 3.63) is 0 Å². The molecule has 62 valence electrons. The van der Waals surface area contributed by atoms with Gasteiger partial charge in [-0.05, 0) is 17.7 Å². The number of unbranched alkanes of at least 4 members (excludes halogenated alkanes) is 1. The van der Waals surface area contributed by atoms with E-state index in [1.165, 1.54) is 0 Å². The quantitative estimate of drug-likeness (QED) is 0.526. The molecule has 0 saturated heterocycles. The van der Waals surface area contributed by atoms with Crippen LogP contribution in [-0.4, -0.2) is 24.2 Å². The van der Waals surface area contributed by atoms with Crippen molar-refractivity contribution in [2.24, 2.45) is 0 Å². The van der Waals surface area contributed by atoms with Crippen LogP contribution in [-0.2, 0) is 4.79 Å². The number of aliphatic hydroxyl groups excluding tert-OH is 1. The Morgan fingerprint density at radius 3 is 2.82 bits per heavy atom. The maximum Gasteiger partial charge on any atom is 0.296 e. The Balaban J connectivity index is 3.22. The average molecular weight is 220 g/mol. The summed E-state index contributed by atoms with van der Waals surface area (Å²) in [5.74, 6) is 1.98. The highest BCUT2D eigenvalue weighted by atomic mass is 79.9. The van der Waals surface area contributed by atoms with Crippen LogP contribution in [0.2, 0.25) is 0 Å². The third kappa shape index (κ3) is 7.37. The average Bonchev–Trinajstić information content (AvgIpc) is 1.99. The van der Waals surface area contributed by atoms with Crippen molar-refractivity contribution >= 4 is 21.8 Å². The first-order valence-electron chi connectivity index (χ1n) is 3.31. The van der Waals surface area contributed by atoms with E-state index in [9.17, 15) is 4.79 Å². The van der Waals surface area contributed by atoms with Crippen molar-refractivity contribution in [2.45, 2.75) is 12.8 Å². The van der Waals surface area contributed by atoms with Gasteiger partial charge in [0.15, 0.2) is 0 Å². The fourth-order valence-corrected chi connectivity index (χ4v) is 0.706. The molecule has 2 N–H and O–H groups in total. The molecule has 0 bridgehead atoms. The molecular weight excluding hydrogens is 210 g/mol. The van der Waals surface area contributed by atoms with Crippen LogP contribution in [0.4, 0.5) is 0 Å². The van der Waals surface area contributed by atoms with E-state index in [0.29, 0.717) is 13.0 Å². The van der Waals surface area contributed by atoms with Crippen LogP contribution in [0, 0.1) is 10.8 Å². The second kappa shape index (κ2) is 7.58. The van der Waals surface area contributed by atoms with Gasteiger partial charge in [-0.25, -0.2) is 0 Å². The van der Waals surface area contributed by atoms with Crippen LogP contribution in [0.5, 0.6) is 0 Å². The molecule has 0 aliphatic heterocycles. The highest BCUT2D eigenvalue weighted by Crippen LogP contribution is 1.83. The first-order valence-corrected chi connectivity index (χ1v) is 4.11. The minimum Gasteiger partial charge on any atom is -0.396 e. The van der Waals surface area contributed by atoms with Gasteiger partial charge in [-0.15, -0.1) is 0 Å². The summed E-state index contributed by atoms with van der Waals surface area (Å²) in [6.45, 7) is 0.737. The Labute approximate surface area is 74.3 Å². The summed E-state index contributed by atoms with van der Waals surface area (Å²) < 4.78 is 0. The van der Waals surface area contributed by atoms with Crippen LogP contribution < -0.4 is 5.32 Å². The lowest BCUT2D eigenvalue weighted by molar-refractivity contribution is -0.115. The molecule has 0 aliphatic carbocycles. The molecule has 0 fully saturated rings. The third-order valence-corrected chi connectivity index (χ3v) is 1.23. The molecule has 4 heteroatoms. The molecule has 0 atom stereocenters. The normalized spacial score (nSPS) is 8.18. The molecule has 0 unspecified atom stereocenters. The van der Waals surface area contributed by atoms with E-state index >= 15 is 0 Å². The highest BCUT2D eigenvalue weighted by Gasteiger charge is 1.92. The summed E-state index contributed by atoms with van der Waals surface area (Å²) in [4.78, 5) is 12.9. The maximum atomic E-state index is 10.6. The topological polar surface area (TPSA) is 49.3 Å². The smallest absolute Gasteiger partial charge is 0.296 e. The van der Waals surface area contributed by atoms with E-state index in [-0.39, 0.29) is 12.5 Å². The van der Waals surface area contributed by atoms with E-state index in [4.69, 9.17) is 5.11 Å². The summed E-state index contributed by atoms with van der Waals surface area (Å²) >= 11 is 2.81. The summed E-state index contributed by atoms with van der Waals surface area (Å²) in [6.07, 6.45) is 1.49. The van der Waals surface area contributed by atoms with Crippen molar-refractivity contribution in [2.75, 3.05) is 13.2 Å². The van der Waals surface area contributed by atoms with Gasteiger partial charge in [0.25, 0.3) is 5.91 Å². The zero-order chi connectivity index (χ0) is 8.53. The second-order valence-corrected chi connectivity index (χ2v) is 2.30. The van der Waals surface area contributed by atoms with Gasteiger partial charge in [-0.1, -0.05) is 0 Å². The Hall–Kier alpha value is -0.530. The Morgan fingerprint density at radius 1 is 1.55 bits per heavy atom. The summed E-state index contributed by atoms with van der Waals surface area (Å²) in [5.41, 5.74) is 0. The molecule has 3 nitrogen and oxygen atoms in total. The number of halogens is 1. The van der Waals surface area contributed by atoms with E-state index in [2.05, 4.69) is 32.0 Å². The first-order chi connectivity index (χ1) is 5.31. The lowest BCUT2D eigenvalue weighted by Crippen LogP contribution is -2.22. The third-order valence-electron chi connectivity index (χ3n) is 1.03. The fourth-order valence-electron chi connectivity index (χ4n) is 0.526. The molecule has 0 saturated carbocycles. The monoisotopic (exact) mass is 219 g/mol. The number of rotatable bonds is 4. The molecule has 0 aromatic carbocycles. The molecular formula is C7H10BrNO2. The Morgan fingerprint density at radius 2 is 2.27 bits per heavy atom. The molecule has 1 amide bonds. The van der Waals surface area contributed by atoms with Crippen molar-refractivity contribution in [3.63, 3.8) is 0 Å². The van der Waals surface area contributed by atoms with Crippen LogP contribution in [0.15, 0.2) is 0 Å². The number of carbonyl (C=O) groups excluding carboxylic acids is 1. The molecule has 0 rings (SSSR count). The molecule has 0 heterocycles. The van der Waals surface area contributed by atoms with Crippen LogP contribution in [0.3, 0.4) is 0 Å². The van der Waals surface area contributed by atoms with Crippen LogP contribution >= 0.6 is 15.9 Å². The molecule has 0 aliphatic rings. The Kier molecular flexibility index (Phi) is 7.21. The van der Waals surface area contributed by atoms with E-state index < -0.39 is 0 Å². The molecule has 0 radical (unpaired) electrons. The Bertz CT molecular complexity index is 171. The predicted octanol–water partition coefficient (Wildman–Crippen LogP) is 0.231. The van der Waals surface area contributed by atoms with Crippen molar-refractivity contribution in [1.29, 1.82) is 0 Å².